The Morgan fingerprint density at radius 3 is 2.22 bits per heavy atom. The van der Waals surface area contributed by atoms with E-state index in [1.165, 1.54) is 0 Å². The molecule has 2 bridgehead atoms. The van der Waals surface area contributed by atoms with Gasteiger partial charge in [0, 0.05) is 25.7 Å². The highest BCUT2D eigenvalue weighted by molar-refractivity contribution is 5.78. The Labute approximate surface area is 211 Å². The van der Waals surface area contributed by atoms with Crippen molar-refractivity contribution in [3.05, 3.63) is 35.9 Å². The zero-order valence-corrected chi connectivity index (χ0v) is 20.9. The Kier molecular flexibility index (Phi) is 8.04. The monoisotopic (exact) mass is 507 g/mol. The number of benzene rings is 1. The number of carboxylic acids is 1. The van der Waals surface area contributed by atoms with Crippen molar-refractivity contribution in [2.24, 2.45) is 0 Å². The molecule has 10 heteroatoms. The number of hydrogen-bond donors (Lipinski definition) is 3. The number of fused-ring (bicyclic) bond motifs is 2. The summed E-state index contributed by atoms with van der Waals surface area (Å²) in [6.07, 6.45) is -5.28. The predicted octanol–water partition coefficient (Wildman–Crippen LogP) is -0.564. The summed E-state index contributed by atoms with van der Waals surface area (Å²) in [5.41, 5.74) is 0.631. The fraction of sp³-hybridized carbons (Fsp3) is 0.692. The third-order valence-electron chi connectivity index (χ3n) is 8.59. The molecule has 10 nitrogen and oxygen atoms in total. The van der Waals surface area contributed by atoms with Gasteiger partial charge in [0.05, 0.1) is 37.7 Å². The van der Waals surface area contributed by atoms with Crippen LogP contribution in [0.25, 0.3) is 0 Å². The fourth-order valence-corrected chi connectivity index (χ4v) is 6.18. The molecule has 0 spiro atoms. The summed E-state index contributed by atoms with van der Waals surface area (Å²) in [5, 5.41) is 41.4. The number of ether oxygens (including phenoxy) is 3. The summed E-state index contributed by atoms with van der Waals surface area (Å²) < 4.78 is 17.7. The van der Waals surface area contributed by atoms with Gasteiger partial charge in [0.2, 0.25) is 0 Å². The number of carbonyl (C=O) groups excluding carboxylic acids is 2. The summed E-state index contributed by atoms with van der Waals surface area (Å²) in [7, 11) is 2.30. The molecule has 3 aliphatic heterocycles. The normalized spacial score (nSPS) is 39.1. The maximum absolute atomic E-state index is 13.4. The van der Waals surface area contributed by atoms with E-state index < -0.39 is 48.6 Å². The number of hydrogen-bond acceptors (Lipinski definition) is 9. The van der Waals surface area contributed by atoms with E-state index in [4.69, 9.17) is 14.2 Å². The first-order valence-corrected chi connectivity index (χ1v) is 12.7. The first-order valence-electron chi connectivity index (χ1n) is 12.7. The van der Waals surface area contributed by atoms with Gasteiger partial charge in [0.1, 0.15) is 36.4 Å². The number of carbonyl (C=O) groups is 2. The Bertz CT molecular complexity index is 911. The lowest BCUT2D eigenvalue weighted by Gasteiger charge is -2.49. The van der Waals surface area contributed by atoms with Crippen molar-refractivity contribution in [2.75, 3.05) is 13.7 Å². The molecule has 3 N–H and O–H groups in total. The second-order valence-corrected chi connectivity index (χ2v) is 10.7. The lowest BCUT2D eigenvalue weighted by atomic mass is 9.94. The SMILES string of the molecule is CC(C)[N+]1(C)[C@@H]2CC[C@@H]1CC(OC(=O)C(CO[C@@H]1O[C@H](C(=O)[O-])[C@@H](O)[C@H](O)[C@H]1O)c1ccccc1)C2. The molecule has 3 heterocycles. The summed E-state index contributed by atoms with van der Waals surface area (Å²) in [4.78, 5) is 24.7. The highest BCUT2D eigenvalue weighted by Crippen LogP contribution is 2.44. The number of aliphatic hydroxyl groups is 3. The molecule has 3 fully saturated rings. The first kappa shape index (κ1) is 27.0. The number of aliphatic hydroxyl groups excluding tert-OH is 3. The number of aliphatic carboxylic acids is 1. The summed E-state index contributed by atoms with van der Waals surface area (Å²) >= 11 is 0. The molecule has 8 atom stereocenters. The summed E-state index contributed by atoms with van der Waals surface area (Å²) in [6, 6.07) is 10.2. The predicted molar refractivity (Wildman–Crippen MR) is 124 cm³/mol. The zero-order valence-electron chi connectivity index (χ0n) is 20.9. The highest BCUT2D eigenvalue weighted by atomic mass is 16.7. The lowest BCUT2D eigenvalue weighted by Crippen LogP contribution is -2.62. The molecule has 0 aliphatic carbocycles. The molecule has 1 aromatic rings. The smallest absolute Gasteiger partial charge is 0.316 e. The maximum atomic E-state index is 13.4. The zero-order chi connectivity index (χ0) is 26.2. The van der Waals surface area contributed by atoms with Crippen molar-refractivity contribution < 1.29 is 48.7 Å². The second kappa shape index (κ2) is 10.7. The van der Waals surface area contributed by atoms with Crippen LogP contribution in [0.15, 0.2) is 30.3 Å². The van der Waals surface area contributed by atoms with Crippen LogP contribution in [0.4, 0.5) is 0 Å². The molecule has 0 saturated carbocycles. The van der Waals surface area contributed by atoms with Gasteiger partial charge < -0.3 is 43.9 Å². The molecule has 0 radical (unpaired) electrons. The number of piperidine rings is 1. The largest absolute Gasteiger partial charge is 0.547 e. The minimum absolute atomic E-state index is 0.206. The lowest BCUT2D eigenvalue weighted by molar-refractivity contribution is -0.968. The van der Waals surface area contributed by atoms with Crippen LogP contribution in [-0.4, -0.2) is 100 Å². The molecular weight excluding hydrogens is 470 g/mol. The van der Waals surface area contributed by atoms with Crippen LogP contribution in [0.5, 0.6) is 0 Å². The molecule has 3 saturated heterocycles. The van der Waals surface area contributed by atoms with E-state index in [1.54, 1.807) is 24.3 Å². The van der Waals surface area contributed by atoms with Crippen LogP contribution < -0.4 is 5.11 Å². The number of rotatable bonds is 8. The van der Waals surface area contributed by atoms with E-state index in [9.17, 15) is 30.0 Å². The third kappa shape index (κ3) is 5.03. The topological polar surface area (TPSA) is 146 Å². The fourth-order valence-electron chi connectivity index (χ4n) is 6.18. The van der Waals surface area contributed by atoms with Crippen molar-refractivity contribution >= 4 is 11.9 Å². The van der Waals surface area contributed by atoms with Gasteiger partial charge in [-0.3, -0.25) is 4.79 Å². The molecule has 1 unspecified atom stereocenters. The van der Waals surface area contributed by atoms with Crippen molar-refractivity contribution in [2.45, 2.75) is 100 Å². The van der Waals surface area contributed by atoms with Gasteiger partial charge in [-0.25, -0.2) is 0 Å². The van der Waals surface area contributed by atoms with Gasteiger partial charge in [-0.05, 0) is 19.4 Å². The van der Waals surface area contributed by atoms with Crippen LogP contribution in [-0.2, 0) is 23.8 Å². The van der Waals surface area contributed by atoms with E-state index in [0.29, 0.717) is 23.7 Å². The van der Waals surface area contributed by atoms with E-state index >= 15 is 0 Å². The van der Waals surface area contributed by atoms with Gasteiger partial charge in [-0.15, -0.1) is 0 Å². The van der Waals surface area contributed by atoms with Gasteiger partial charge in [0.25, 0.3) is 0 Å². The van der Waals surface area contributed by atoms with Gasteiger partial charge in [0.15, 0.2) is 6.29 Å². The van der Waals surface area contributed by atoms with Crippen LogP contribution in [0.2, 0.25) is 0 Å². The van der Waals surface area contributed by atoms with E-state index in [0.717, 1.165) is 30.2 Å². The van der Waals surface area contributed by atoms with Crippen molar-refractivity contribution in [3.63, 3.8) is 0 Å². The Morgan fingerprint density at radius 2 is 1.67 bits per heavy atom. The van der Waals surface area contributed by atoms with Crippen molar-refractivity contribution in [1.29, 1.82) is 0 Å². The highest BCUT2D eigenvalue weighted by Gasteiger charge is 2.54. The minimum atomic E-state index is -1.89. The Morgan fingerprint density at radius 1 is 1.06 bits per heavy atom. The molecule has 4 rings (SSSR count). The summed E-state index contributed by atoms with van der Waals surface area (Å²) in [5.74, 6) is -3.09. The summed E-state index contributed by atoms with van der Waals surface area (Å²) in [6.45, 7) is 4.19. The average Bonchev–Trinajstić information content (AvgIpc) is 3.01. The van der Waals surface area contributed by atoms with Crippen LogP contribution in [0, 0.1) is 0 Å². The first-order chi connectivity index (χ1) is 17.0. The van der Waals surface area contributed by atoms with E-state index in [1.807, 2.05) is 6.07 Å². The van der Waals surface area contributed by atoms with Gasteiger partial charge >= 0.3 is 5.97 Å². The number of carboxylic acid groups (broad SMARTS) is 1. The molecule has 0 aromatic heterocycles. The third-order valence-corrected chi connectivity index (χ3v) is 8.59. The van der Waals surface area contributed by atoms with Crippen molar-refractivity contribution in [1.82, 2.24) is 0 Å². The Hall–Kier alpha value is -2.08. The van der Waals surface area contributed by atoms with Gasteiger partial charge in [-0.1, -0.05) is 30.3 Å². The molecule has 3 aliphatic rings. The molecule has 1 aromatic carbocycles. The van der Waals surface area contributed by atoms with Gasteiger partial charge in [-0.2, -0.15) is 0 Å². The Balaban J connectivity index is 1.45. The molecular formula is C26H37NO9. The van der Waals surface area contributed by atoms with E-state index in [-0.39, 0.29) is 12.7 Å². The number of nitrogens with zero attached hydrogens (tertiary/aromatic N) is 1. The number of quaternary nitrogens is 1. The van der Waals surface area contributed by atoms with E-state index in [2.05, 4.69) is 20.9 Å². The quantitative estimate of drug-likeness (QED) is 0.311. The van der Waals surface area contributed by atoms with Crippen LogP contribution in [0.3, 0.4) is 0 Å². The average molecular weight is 508 g/mol. The van der Waals surface area contributed by atoms with Crippen LogP contribution >= 0.6 is 0 Å². The second-order valence-electron chi connectivity index (χ2n) is 10.7. The molecule has 36 heavy (non-hydrogen) atoms. The molecule has 0 amide bonds. The maximum Gasteiger partial charge on any atom is 0.316 e. The molecule has 200 valence electrons. The minimum Gasteiger partial charge on any atom is -0.547 e. The number of esters is 1. The standard InChI is InChI=1S/C26H37NO9/c1-14(2)27(3)16-9-10-17(27)12-18(11-16)35-25(33)19(15-7-5-4-6-8-15)13-34-26-22(30)20(28)21(29)23(36-26)24(31)32/h4-8,14,16-23,26,28-30H,9-13H2,1-3H3/t16-,17-,18?,19?,20+,21+,22-,23+,26-,27?/m1/s1. The van der Waals surface area contributed by atoms with Crippen molar-refractivity contribution in [3.8, 4) is 0 Å². The van der Waals surface area contributed by atoms with Crippen LogP contribution in [0.1, 0.15) is 51.0 Å².